The topological polar surface area (TPSA) is 18.8 Å². The molecule has 0 aromatic heterocycles. The number of para-hydroxylation sites is 4. The second kappa shape index (κ2) is 9.57. The van der Waals surface area contributed by atoms with Crippen molar-refractivity contribution in [1.29, 1.82) is 0 Å². The summed E-state index contributed by atoms with van der Waals surface area (Å²) in [4.78, 5) is 9.58. The lowest BCUT2D eigenvalue weighted by atomic mass is 10.2. The molecule has 4 aromatic carbocycles. The molecular formula is C27H25N3. The van der Waals surface area contributed by atoms with Crippen molar-refractivity contribution in [3.63, 3.8) is 0 Å². The van der Waals surface area contributed by atoms with Crippen LogP contribution in [0, 0.1) is 0 Å². The van der Waals surface area contributed by atoms with E-state index < -0.39 is 0 Å². The van der Waals surface area contributed by atoms with E-state index in [1.165, 1.54) is 0 Å². The van der Waals surface area contributed by atoms with Gasteiger partial charge in [-0.1, -0.05) is 72.8 Å². The normalized spacial score (nSPS) is 11.2. The third-order valence-electron chi connectivity index (χ3n) is 4.84. The second-order valence-corrected chi connectivity index (χ2v) is 6.83. The Kier molecular flexibility index (Phi) is 6.21. The lowest BCUT2D eigenvalue weighted by Gasteiger charge is -2.34. The van der Waals surface area contributed by atoms with Crippen LogP contribution < -0.4 is 9.80 Å². The highest BCUT2D eigenvalue weighted by atomic mass is 15.4. The predicted molar refractivity (Wildman–Crippen MR) is 128 cm³/mol. The number of aliphatic imine (C=N–C) groups is 1. The Hall–Kier alpha value is -3.85. The minimum Gasteiger partial charge on any atom is -0.312 e. The van der Waals surface area contributed by atoms with Crippen LogP contribution in [0.15, 0.2) is 126 Å². The fraction of sp³-hybridized carbons (Fsp3) is 0.0741. The second-order valence-electron chi connectivity index (χ2n) is 6.83. The third-order valence-corrected chi connectivity index (χ3v) is 4.84. The zero-order valence-electron chi connectivity index (χ0n) is 17.1. The Bertz CT molecular complexity index is 1020. The average molecular weight is 392 g/mol. The average Bonchev–Trinajstić information content (AvgIpc) is 2.82. The quantitative estimate of drug-likeness (QED) is 0.268. The fourth-order valence-electron chi connectivity index (χ4n) is 3.43. The molecule has 0 bridgehead atoms. The summed E-state index contributed by atoms with van der Waals surface area (Å²) in [7, 11) is 0. The summed E-state index contributed by atoms with van der Waals surface area (Å²) in [5, 5.41) is 0. The van der Waals surface area contributed by atoms with Crippen molar-refractivity contribution in [2.24, 2.45) is 4.99 Å². The molecule has 0 saturated carbocycles. The van der Waals surface area contributed by atoms with Gasteiger partial charge >= 0.3 is 0 Å². The molecule has 0 spiro atoms. The van der Waals surface area contributed by atoms with Gasteiger partial charge in [0, 0.05) is 23.6 Å². The van der Waals surface area contributed by atoms with Crippen LogP contribution in [0.5, 0.6) is 0 Å². The number of anilines is 3. The molecule has 3 nitrogen and oxygen atoms in total. The van der Waals surface area contributed by atoms with E-state index in [0.29, 0.717) is 0 Å². The summed E-state index contributed by atoms with van der Waals surface area (Å²) in [5.41, 5.74) is 4.14. The zero-order chi connectivity index (χ0) is 20.6. The first-order valence-electron chi connectivity index (χ1n) is 10.2. The molecule has 148 valence electrons. The van der Waals surface area contributed by atoms with E-state index in [0.717, 1.165) is 35.3 Å². The van der Waals surface area contributed by atoms with Crippen LogP contribution in [0.1, 0.15) is 6.92 Å². The van der Waals surface area contributed by atoms with Gasteiger partial charge in [-0.2, -0.15) is 0 Å². The van der Waals surface area contributed by atoms with Crippen molar-refractivity contribution in [3.8, 4) is 0 Å². The van der Waals surface area contributed by atoms with Gasteiger partial charge in [-0.25, -0.2) is 4.99 Å². The van der Waals surface area contributed by atoms with Crippen LogP contribution in [0.4, 0.5) is 22.7 Å². The molecule has 0 aliphatic heterocycles. The van der Waals surface area contributed by atoms with Crippen molar-refractivity contribution >= 4 is 28.7 Å². The number of hydrogen-bond acceptors (Lipinski definition) is 1. The molecule has 0 fully saturated rings. The molecule has 0 aliphatic rings. The smallest absolute Gasteiger partial charge is 0.215 e. The standard InChI is InChI=1S/C27H25N3/c1-2-29(24-17-9-4-10-18-24)27(28-23-15-7-3-8-16-23)30(25-19-11-5-12-20-25)26-21-13-6-14-22-26/h3-22H,2H2,1H3. The number of benzene rings is 4. The van der Waals surface area contributed by atoms with E-state index in [1.807, 2.05) is 48.5 Å². The summed E-state index contributed by atoms with van der Waals surface area (Å²) < 4.78 is 0. The van der Waals surface area contributed by atoms with Gasteiger partial charge in [-0.15, -0.1) is 0 Å². The Morgan fingerprint density at radius 2 is 0.967 bits per heavy atom. The van der Waals surface area contributed by atoms with Gasteiger partial charge in [0.25, 0.3) is 0 Å². The molecule has 0 saturated heterocycles. The molecule has 4 aromatic rings. The van der Waals surface area contributed by atoms with Crippen LogP contribution in [-0.4, -0.2) is 12.5 Å². The first kappa shape index (κ1) is 19.5. The fourth-order valence-corrected chi connectivity index (χ4v) is 3.43. The molecular weight excluding hydrogens is 366 g/mol. The molecule has 0 amide bonds. The molecule has 0 N–H and O–H groups in total. The van der Waals surface area contributed by atoms with Gasteiger partial charge in [0.15, 0.2) is 0 Å². The highest BCUT2D eigenvalue weighted by Crippen LogP contribution is 2.30. The van der Waals surface area contributed by atoms with E-state index >= 15 is 0 Å². The highest BCUT2D eigenvalue weighted by molar-refractivity contribution is 6.12. The van der Waals surface area contributed by atoms with E-state index in [4.69, 9.17) is 4.99 Å². The summed E-state index contributed by atoms with van der Waals surface area (Å²) >= 11 is 0. The molecule has 0 aliphatic carbocycles. The van der Waals surface area contributed by atoms with Gasteiger partial charge < -0.3 is 4.90 Å². The Balaban J connectivity index is 1.93. The summed E-state index contributed by atoms with van der Waals surface area (Å²) in [6.07, 6.45) is 0. The van der Waals surface area contributed by atoms with Gasteiger partial charge in [0.1, 0.15) is 0 Å². The molecule has 0 heterocycles. The molecule has 0 unspecified atom stereocenters. The SMILES string of the molecule is CCN(C(=Nc1ccccc1)N(c1ccccc1)c1ccccc1)c1ccccc1. The summed E-state index contributed by atoms with van der Waals surface area (Å²) in [5.74, 6) is 0.854. The van der Waals surface area contributed by atoms with Crippen molar-refractivity contribution in [2.45, 2.75) is 6.92 Å². The minimum absolute atomic E-state index is 0.784. The Morgan fingerprint density at radius 1 is 0.567 bits per heavy atom. The molecule has 0 radical (unpaired) electrons. The lowest BCUT2D eigenvalue weighted by molar-refractivity contribution is 1.03. The Labute approximate surface area is 178 Å². The van der Waals surface area contributed by atoms with Crippen molar-refractivity contribution in [3.05, 3.63) is 121 Å². The van der Waals surface area contributed by atoms with Crippen molar-refractivity contribution in [2.75, 3.05) is 16.3 Å². The van der Waals surface area contributed by atoms with Crippen LogP contribution in [0.25, 0.3) is 0 Å². The molecule has 4 rings (SSSR count). The van der Waals surface area contributed by atoms with Crippen molar-refractivity contribution in [1.82, 2.24) is 0 Å². The van der Waals surface area contributed by atoms with Crippen molar-refractivity contribution < 1.29 is 0 Å². The van der Waals surface area contributed by atoms with Gasteiger partial charge in [-0.3, -0.25) is 4.90 Å². The lowest BCUT2D eigenvalue weighted by Crippen LogP contribution is -2.42. The maximum absolute atomic E-state index is 5.13. The molecule has 30 heavy (non-hydrogen) atoms. The first-order chi connectivity index (χ1) is 14.9. The van der Waals surface area contributed by atoms with Crippen LogP contribution in [0.3, 0.4) is 0 Å². The monoisotopic (exact) mass is 391 g/mol. The number of guanidine groups is 1. The zero-order valence-corrected chi connectivity index (χ0v) is 17.1. The number of nitrogens with zero attached hydrogens (tertiary/aromatic N) is 3. The van der Waals surface area contributed by atoms with Crippen LogP contribution in [0.2, 0.25) is 0 Å². The first-order valence-corrected chi connectivity index (χ1v) is 10.2. The van der Waals surface area contributed by atoms with E-state index in [2.05, 4.69) is 89.5 Å². The minimum atomic E-state index is 0.784. The summed E-state index contributed by atoms with van der Waals surface area (Å²) in [6.45, 7) is 2.94. The Morgan fingerprint density at radius 3 is 1.40 bits per heavy atom. The number of hydrogen-bond donors (Lipinski definition) is 0. The largest absolute Gasteiger partial charge is 0.312 e. The maximum atomic E-state index is 5.13. The van der Waals surface area contributed by atoms with Gasteiger partial charge in [0.2, 0.25) is 5.96 Å². The van der Waals surface area contributed by atoms with E-state index in [1.54, 1.807) is 0 Å². The van der Waals surface area contributed by atoms with Gasteiger partial charge in [0.05, 0.1) is 5.69 Å². The summed E-state index contributed by atoms with van der Waals surface area (Å²) in [6, 6.07) is 41.3. The molecule has 3 heteroatoms. The van der Waals surface area contributed by atoms with E-state index in [-0.39, 0.29) is 0 Å². The van der Waals surface area contributed by atoms with E-state index in [9.17, 15) is 0 Å². The number of rotatable bonds is 5. The maximum Gasteiger partial charge on any atom is 0.215 e. The van der Waals surface area contributed by atoms with Crippen LogP contribution >= 0.6 is 0 Å². The molecule has 0 atom stereocenters. The predicted octanol–water partition coefficient (Wildman–Crippen LogP) is 7.04. The third kappa shape index (κ3) is 4.41. The van der Waals surface area contributed by atoms with Crippen LogP contribution in [-0.2, 0) is 0 Å². The van der Waals surface area contributed by atoms with Gasteiger partial charge in [-0.05, 0) is 55.5 Å². The highest BCUT2D eigenvalue weighted by Gasteiger charge is 2.22.